The predicted octanol–water partition coefficient (Wildman–Crippen LogP) is 3.93. The fourth-order valence-corrected chi connectivity index (χ4v) is 5.05. The van der Waals surface area contributed by atoms with Gasteiger partial charge in [-0.05, 0) is 42.2 Å². The number of carbonyl (C=O) groups excluding carboxylic acids is 1. The molecule has 2 saturated heterocycles. The summed E-state index contributed by atoms with van der Waals surface area (Å²) in [5, 5.41) is 10.8. The second-order valence-electron chi connectivity index (χ2n) is 8.62. The van der Waals surface area contributed by atoms with Crippen molar-refractivity contribution in [3.05, 3.63) is 101 Å². The first-order valence-electron chi connectivity index (χ1n) is 10.7. The maximum atomic E-state index is 13.5. The monoisotopic (exact) mass is 413 g/mol. The summed E-state index contributed by atoms with van der Waals surface area (Å²) in [4.78, 5) is 15.5. The van der Waals surface area contributed by atoms with Gasteiger partial charge in [0, 0.05) is 18.0 Å². The van der Waals surface area contributed by atoms with Gasteiger partial charge in [-0.1, -0.05) is 66.7 Å². The first kappa shape index (κ1) is 19.8. The molecule has 0 aliphatic carbocycles. The van der Waals surface area contributed by atoms with E-state index < -0.39 is 0 Å². The Morgan fingerprint density at radius 2 is 1.48 bits per heavy atom. The van der Waals surface area contributed by atoms with Crippen LogP contribution in [-0.2, 0) is 11.3 Å². The summed E-state index contributed by atoms with van der Waals surface area (Å²) in [6.45, 7) is 4.60. The fraction of sp³-hybridized carbons (Fsp3) is 0.269. The Morgan fingerprint density at radius 1 is 0.871 bits per heavy atom. The first-order chi connectivity index (χ1) is 15.0. The highest BCUT2D eigenvalue weighted by atomic mass is 16.3. The van der Waals surface area contributed by atoms with E-state index >= 15 is 0 Å². The van der Waals surface area contributed by atoms with Gasteiger partial charge in [0.15, 0.2) is 0 Å². The van der Waals surface area contributed by atoms with Crippen LogP contribution in [0.25, 0.3) is 0 Å². The van der Waals surface area contributed by atoms with Crippen molar-refractivity contribution < 1.29 is 9.90 Å². The highest BCUT2D eigenvalue weighted by Gasteiger charge is 2.55. The molecule has 5 nitrogen and oxygen atoms in total. The number of hydrazine groups is 1. The van der Waals surface area contributed by atoms with Gasteiger partial charge in [-0.3, -0.25) is 4.79 Å². The Hall–Kier alpha value is -3.15. The minimum absolute atomic E-state index is 0.0494. The minimum Gasteiger partial charge on any atom is -0.508 e. The van der Waals surface area contributed by atoms with E-state index in [9.17, 15) is 9.90 Å². The molecule has 3 aromatic rings. The number of aromatic hydroxyl groups is 1. The zero-order valence-electron chi connectivity index (χ0n) is 17.7. The highest BCUT2D eigenvalue weighted by molar-refractivity contribution is 5.86. The van der Waals surface area contributed by atoms with Gasteiger partial charge in [0.1, 0.15) is 11.8 Å². The standard InChI is InChI=1S/C26H27N3O2/c1-16-13-20(21(30)14-17(16)2)23-22-24(28-27-23)26(31)29(15-18-9-5-3-6-10-18)25(22)19-11-7-4-8-12-19/h3-14,22-25,27-28,30H,15H2,1-2H3. The third-order valence-corrected chi connectivity index (χ3v) is 6.73. The third-order valence-electron chi connectivity index (χ3n) is 6.73. The van der Waals surface area contributed by atoms with Crippen LogP contribution in [0.5, 0.6) is 5.75 Å². The van der Waals surface area contributed by atoms with Crippen LogP contribution in [0.15, 0.2) is 72.8 Å². The SMILES string of the molecule is Cc1cc(O)c(C2NNC3C(=O)N(Cc4ccccc4)C(c4ccccc4)C32)cc1C. The average Bonchev–Trinajstić information content (AvgIpc) is 3.31. The van der Waals surface area contributed by atoms with Crippen molar-refractivity contribution in [1.29, 1.82) is 0 Å². The zero-order chi connectivity index (χ0) is 21.5. The van der Waals surface area contributed by atoms with Crippen molar-refractivity contribution >= 4 is 5.91 Å². The maximum absolute atomic E-state index is 13.5. The molecule has 31 heavy (non-hydrogen) atoms. The molecule has 2 aliphatic heterocycles. The van der Waals surface area contributed by atoms with Gasteiger partial charge in [0.25, 0.3) is 0 Å². The number of phenolic OH excluding ortho intramolecular Hbond substituents is 1. The number of benzene rings is 3. The van der Waals surface area contributed by atoms with Crippen LogP contribution < -0.4 is 10.9 Å². The van der Waals surface area contributed by atoms with Gasteiger partial charge in [0.2, 0.25) is 5.91 Å². The molecule has 0 radical (unpaired) electrons. The Bertz CT molecular complexity index is 1100. The number of fused-ring (bicyclic) bond motifs is 1. The topological polar surface area (TPSA) is 64.6 Å². The molecule has 2 aliphatic rings. The smallest absolute Gasteiger partial charge is 0.242 e. The quantitative estimate of drug-likeness (QED) is 0.607. The highest BCUT2D eigenvalue weighted by Crippen LogP contribution is 2.49. The van der Waals surface area contributed by atoms with E-state index in [4.69, 9.17) is 0 Å². The van der Waals surface area contributed by atoms with Crippen molar-refractivity contribution in [2.24, 2.45) is 5.92 Å². The molecule has 158 valence electrons. The number of nitrogens with zero attached hydrogens (tertiary/aromatic N) is 1. The Kier molecular flexibility index (Phi) is 5.00. The van der Waals surface area contributed by atoms with Crippen LogP contribution >= 0.6 is 0 Å². The zero-order valence-corrected chi connectivity index (χ0v) is 17.7. The fourth-order valence-electron chi connectivity index (χ4n) is 5.05. The van der Waals surface area contributed by atoms with Gasteiger partial charge < -0.3 is 10.0 Å². The summed E-state index contributed by atoms with van der Waals surface area (Å²) in [6.07, 6.45) is 0. The number of rotatable bonds is 4. The van der Waals surface area contributed by atoms with Crippen LogP contribution in [0.1, 0.15) is 39.9 Å². The molecule has 4 unspecified atom stereocenters. The molecule has 3 N–H and O–H groups in total. The summed E-state index contributed by atoms with van der Waals surface area (Å²) in [6, 6.07) is 23.6. The molecule has 0 saturated carbocycles. The van der Waals surface area contributed by atoms with E-state index in [1.807, 2.05) is 67.3 Å². The number of phenols is 1. The van der Waals surface area contributed by atoms with Crippen LogP contribution in [0.2, 0.25) is 0 Å². The van der Waals surface area contributed by atoms with E-state index in [-0.39, 0.29) is 35.7 Å². The summed E-state index contributed by atoms with van der Waals surface area (Å²) in [7, 11) is 0. The number of nitrogens with one attached hydrogen (secondary N) is 2. The van der Waals surface area contributed by atoms with E-state index in [1.54, 1.807) is 0 Å². The van der Waals surface area contributed by atoms with Gasteiger partial charge in [-0.15, -0.1) is 0 Å². The second-order valence-corrected chi connectivity index (χ2v) is 8.62. The Balaban J connectivity index is 1.58. The largest absolute Gasteiger partial charge is 0.508 e. The average molecular weight is 414 g/mol. The first-order valence-corrected chi connectivity index (χ1v) is 10.7. The molecular formula is C26H27N3O2. The van der Waals surface area contributed by atoms with Crippen LogP contribution in [0.3, 0.4) is 0 Å². The number of amides is 1. The molecular weight excluding hydrogens is 386 g/mol. The van der Waals surface area contributed by atoms with Crippen LogP contribution in [-0.4, -0.2) is 22.0 Å². The van der Waals surface area contributed by atoms with E-state index in [1.165, 1.54) is 0 Å². The molecule has 1 amide bonds. The lowest BCUT2D eigenvalue weighted by Crippen LogP contribution is -2.41. The molecule has 5 heteroatoms. The lowest BCUT2D eigenvalue weighted by Gasteiger charge is -2.31. The van der Waals surface area contributed by atoms with Crippen molar-refractivity contribution in [3.63, 3.8) is 0 Å². The lowest BCUT2D eigenvalue weighted by atomic mass is 9.82. The number of likely N-dealkylation sites (tertiary alicyclic amines) is 1. The molecule has 3 aromatic carbocycles. The maximum Gasteiger partial charge on any atom is 0.242 e. The van der Waals surface area contributed by atoms with Crippen LogP contribution in [0, 0.1) is 19.8 Å². The number of aryl methyl sites for hydroxylation is 2. The second kappa shape index (κ2) is 7.84. The molecule has 2 fully saturated rings. The van der Waals surface area contributed by atoms with Crippen molar-refractivity contribution in [3.8, 4) is 5.75 Å². The third kappa shape index (κ3) is 3.40. The normalized spacial score (nSPS) is 25.1. The van der Waals surface area contributed by atoms with Gasteiger partial charge in [-0.25, -0.2) is 10.9 Å². The summed E-state index contributed by atoms with van der Waals surface area (Å²) in [5.41, 5.74) is 11.8. The van der Waals surface area contributed by atoms with Crippen molar-refractivity contribution in [1.82, 2.24) is 15.8 Å². The van der Waals surface area contributed by atoms with Gasteiger partial charge in [0.05, 0.1) is 12.1 Å². The number of hydrogen-bond donors (Lipinski definition) is 3. The van der Waals surface area contributed by atoms with E-state index in [2.05, 4.69) is 35.1 Å². The van der Waals surface area contributed by atoms with Crippen LogP contribution in [0.4, 0.5) is 0 Å². The number of hydrogen-bond acceptors (Lipinski definition) is 4. The summed E-state index contributed by atoms with van der Waals surface area (Å²) < 4.78 is 0. The molecule has 0 aromatic heterocycles. The summed E-state index contributed by atoms with van der Waals surface area (Å²) >= 11 is 0. The number of carbonyl (C=O) groups is 1. The van der Waals surface area contributed by atoms with Crippen molar-refractivity contribution in [2.75, 3.05) is 0 Å². The molecule has 0 bridgehead atoms. The van der Waals surface area contributed by atoms with Gasteiger partial charge in [-0.2, -0.15) is 0 Å². The predicted molar refractivity (Wildman–Crippen MR) is 120 cm³/mol. The lowest BCUT2D eigenvalue weighted by molar-refractivity contribution is -0.131. The molecule has 5 rings (SSSR count). The Labute approximate surface area is 182 Å². The van der Waals surface area contributed by atoms with E-state index in [0.717, 1.165) is 27.8 Å². The molecule has 4 atom stereocenters. The Morgan fingerprint density at radius 3 is 2.19 bits per heavy atom. The minimum atomic E-state index is -0.347. The van der Waals surface area contributed by atoms with Gasteiger partial charge >= 0.3 is 0 Å². The molecule has 0 spiro atoms. The summed E-state index contributed by atoms with van der Waals surface area (Å²) in [5.74, 6) is 0.302. The van der Waals surface area contributed by atoms with Crippen molar-refractivity contribution in [2.45, 2.75) is 38.5 Å². The molecule has 2 heterocycles. The van der Waals surface area contributed by atoms with E-state index in [0.29, 0.717) is 6.54 Å².